The van der Waals surface area contributed by atoms with Crippen LogP contribution in [0.25, 0.3) is 0 Å². The normalized spacial score (nSPS) is 46.2. The average molecular weight is 360 g/mol. The van der Waals surface area contributed by atoms with Crippen LogP contribution in [0.5, 0.6) is 0 Å². The number of carbonyl (C=O) groups excluding carboxylic acids is 2. The van der Waals surface area contributed by atoms with E-state index in [2.05, 4.69) is 20.4 Å². The molecule has 0 aromatic rings. The van der Waals surface area contributed by atoms with Gasteiger partial charge in [0.05, 0.1) is 0 Å². The van der Waals surface area contributed by atoms with Crippen molar-refractivity contribution in [1.82, 2.24) is 0 Å². The summed E-state index contributed by atoms with van der Waals surface area (Å²) >= 11 is 0. The van der Waals surface area contributed by atoms with E-state index >= 15 is 0 Å². The summed E-state index contributed by atoms with van der Waals surface area (Å²) in [5.74, 6) is 1.97. The molecule has 0 heterocycles. The van der Waals surface area contributed by atoms with Gasteiger partial charge in [-0.25, -0.2) is 9.59 Å². The van der Waals surface area contributed by atoms with Gasteiger partial charge >= 0.3 is 11.9 Å². The molecule has 0 aliphatic heterocycles. The number of hydrogen-bond acceptors (Lipinski definition) is 4. The lowest BCUT2D eigenvalue weighted by atomic mass is 9.65. The summed E-state index contributed by atoms with van der Waals surface area (Å²) in [6.07, 6.45) is 10.9. The molecule has 4 saturated carbocycles. The molecule has 4 aliphatic rings. The van der Waals surface area contributed by atoms with Crippen molar-refractivity contribution >= 4 is 11.9 Å². The number of esters is 2. The first-order chi connectivity index (χ1) is 12.4. The van der Waals surface area contributed by atoms with Crippen molar-refractivity contribution in [2.45, 2.75) is 70.8 Å². The highest BCUT2D eigenvalue weighted by molar-refractivity contribution is 5.83. The summed E-state index contributed by atoms with van der Waals surface area (Å²) in [7, 11) is 0. The van der Waals surface area contributed by atoms with Gasteiger partial charge in [0, 0.05) is 17.9 Å². The van der Waals surface area contributed by atoms with Crippen LogP contribution in [0, 0.1) is 35.0 Å². The third-order valence-electron chi connectivity index (χ3n) is 7.83. The molecule has 4 nitrogen and oxygen atoms in total. The maximum atomic E-state index is 12.6. The Morgan fingerprint density at radius 2 is 1.85 bits per heavy atom. The van der Waals surface area contributed by atoms with Gasteiger partial charge in [-0.05, 0) is 61.7 Å². The fraction of sp³-hybridized carbons (Fsp3) is 0.818. The lowest BCUT2D eigenvalue weighted by Crippen LogP contribution is -2.51. The second kappa shape index (κ2) is 6.38. The van der Waals surface area contributed by atoms with E-state index in [4.69, 9.17) is 9.47 Å². The Hall–Kier alpha value is -1.32. The fourth-order valence-electron chi connectivity index (χ4n) is 7.10. The summed E-state index contributed by atoms with van der Waals surface area (Å²) in [5, 5.41) is 0. The maximum absolute atomic E-state index is 12.6. The van der Waals surface area contributed by atoms with Gasteiger partial charge < -0.3 is 9.47 Å². The van der Waals surface area contributed by atoms with E-state index in [1.54, 1.807) is 0 Å². The monoisotopic (exact) mass is 360 g/mol. The fourth-order valence-corrected chi connectivity index (χ4v) is 7.10. The molecule has 7 atom stereocenters. The molecule has 0 saturated heterocycles. The van der Waals surface area contributed by atoms with Crippen LogP contribution in [0.3, 0.4) is 0 Å². The lowest BCUT2D eigenvalue weighted by Gasteiger charge is -2.47. The highest BCUT2D eigenvalue weighted by Gasteiger charge is 2.77. The van der Waals surface area contributed by atoms with Crippen LogP contribution in [0.1, 0.15) is 65.2 Å². The smallest absolute Gasteiger partial charge is 0.344 e. The van der Waals surface area contributed by atoms with Crippen molar-refractivity contribution in [3.63, 3.8) is 0 Å². The topological polar surface area (TPSA) is 52.6 Å². The Balaban J connectivity index is 1.58. The van der Waals surface area contributed by atoms with Crippen LogP contribution in [0.2, 0.25) is 0 Å². The van der Waals surface area contributed by atoms with Crippen LogP contribution >= 0.6 is 0 Å². The second-order valence-corrected chi connectivity index (χ2v) is 9.67. The highest BCUT2D eigenvalue weighted by Crippen LogP contribution is 2.78. The van der Waals surface area contributed by atoms with Crippen LogP contribution in [-0.2, 0) is 19.1 Å². The van der Waals surface area contributed by atoms with Crippen molar-refractivity contribution < 1.29 is 19.1 Å². The predicted octanol–water partition coefficient (Wildman–Crippen LogP) is 4.28. The van der Waals surface area contributed by atoms with Crippen LogP contribution in [-0.4, -0.2) is 24.1 Å². The molecule has 1 spiro atoms. The molecule has 26 heavy (non-hydrogen) atoms. The first kappa shape index (κ1) is 18.1. The SMILES string of the molecule is C=CC(=O)OCC(=O)OC1(C2CCCC(C)C2)C2CC(C)CC3(C2)CC31. The van der Waals surface area contributed by atoms with E-state index in [9.17, 15) is 9.59 Å². The van der Waals surface area contributed by atoms with Crippen molar-refractivity contribution in [3.05, 3.63) is 12.7 Å². The third kappa shape index (κ3) is 2.80. The molecule has 4 rings (SSSR count). The lowest BCUT2D eigenvalue weighted by molar-refractivity contribution is -0.187. The summed E-state index contributed by atoms with van der Waals surface area (Å²) in [5.41, 5.74) is 0.123. The molecule has 4 aliphatic carbocycles. The molecular weight excluding hydrogens is 328 g/mol. The Bertz CT molecular complexity index is 613. The molecular formula is C22H32O4. The molecule has 144 valence electrons. The largest absolute Gasteiger partial charge is 0.456 e. The molecule has 0 aromatic carbocycles. The predicted molar refractivity (Wildman–Crippen MR) is 98.1 cm³/mol. The summed E-state index contributed by atoms with van der Waals surface area (Å²) in [4.78, 5) is 24.0. The maximum Gasteiger partial charge on any atom is 0.344 e. The average Bonchev–Trinajstić information content (AvgIpc) is 3.24. The summed E-state index contributed by atoms with van der Waals surface area (Å²) < 4.78 is 11.3. The Morgan fingerprint density at radius 3 is 2.58 bits per heavy atom. The Kier molecular flexibility index (Phi) is 4.44. The summed E-state index contributed by atoms with van der Waals surface area (Å²) in [6.45, 7) is 7.78. The van der Waals surface area contributed by atoms with E-state index in [-0.39, 0.29) is 18.2 Å². The second-order valence-electron chi connectivity index (χ2n) is 9.67. The minimum atomic E-state index is -0.566. The zero-order valence-corrected chi connectivity index (χ0v) is 16.2. The van der Waals surface area contributed by atoms with Gasteiger partial charge in [-0.15, -0.1) is 0 Å². The van der Waals surface area contributed by atoms with E-state index in [1.807, 2.05) is 0 Å². The number of fused-ring (bicyclic) bond motifs is 1. The number of hydrogen-bond donors (Lipinski definition) is 0. The first-order valence-electron chi connectivity index (χ1n) is 10.4. The molecule has 0 N–H and O–H groups in total. The van der Waals surface area contributed by atoms with Gasteiger partial charge in [-0.3, -0.25) is 0 Å². The number of rotatable bonds is 5. The molecule has 0 aromatic heterocycles. The first-order valence-corrected chi connectivity index (χ1v) is 10.4. The van der Waals surface area contributed by atoms with Gasteiger partial charge in [0.1, 0.15) is 5.60 Å². The van der Waals surface area contributed by atoms with E-state index < -0.39 is 5.97 Å². The molecule has 0 radical (unpaired) electrons. The van der Waals surface area contributed by atoms with Crippen LogP contribution in [0.15, 0.2) is 12.7 Å². The van der Waals surface area contributed by atoms with E-state index in [0.29, 0.717) is 29.1 Å². The van der Waals surface area contributed by atoms with Crippen molar-refractivity contribution in [3.8, 4) is 0 Å². The minimum Gasteiger partial charge on any atom is -0.456 e. The van der Waals surface area contributed by atoms with Gasteiger partial charge in [0.25, 0.3) is 0 Å². The molecule has 7 unspecified atom stereocenters. The zero-order valence-electron chi connectivity index (χ0n) is 16.2. The minimum absolute atomic E-state index is 0.295. The number of carbonyl (C=O) groups is 2. The molecule has 4 fully saturated rings. The van der Waals surface area contributed by atoms with Crippen LogP contribution < -0.4 is 0 Å². The standard InChI is InChI=1S/C22H32O4/c1-4-19(23)25-13-20(24)26-22(16-7-5-6-14(2)8-16)17-9-15(3)10-21(11-17)12-18(21)22/h4,14-18H,1,5-13H2,2-3H3. The third-order valence-corrected chi connectivity index (χ3v) is 7.83. The van der Waals surface area contributed by atoms with E-state index in [0.717, 1.165) is 18.4 Å². The van der Waals surface area contributed by atoms with Gasteiger partial charge in [-0.2, -0.15) is 0 Å². The zero-order chi connectivity index (χ0) is 18.5. The van der Waals surface area contributed by atoms with Gasteiger partial charge in [0.15, 0.2) is 6.61 Å². The summed E-state index contributed by atoms with van der Waals surface area (Å²) in [6, 6.07) is 0. The molecule has 0 amide bonds. The van der Waals surface area contributed by atoms with E-state index in [1.165, 1.54) is 44.9 Å². The Labute approximate surface area is 156 Å². The van der Waals surface area contributed by atoms with Crippen molar-refractivity contribution in [2.24, 2.45) is 35.0 Å². The van der Waals surface area contributed by atoms with Crippen molar-refractivity contribution in [1.29, 1.82) is 0 Å². The van der Waals surface area contributed by atoms with Crippen LogP contribution in [0.4, 0.5) is 0 Å². The Morgan fingerprint density at radius 1 is 1.08 bits per heavy atom. The molecule has 2 bridgehead atoms. The van der Waals surface area contributed by atoms with Gasteiger partial charge in [0.2, 0.25) is 0 Å². The quantitative estimate of drug-likeness (QED) is 0.542. The van der Waals surface area contributed by atoms with Gasteiger partial charge in [-0.1, -0.05) is 33.3 Å². The highest BCUT2D eigenvalue weighted by atomic mass is 16.6. The molecule has 4 heteroatoms. The number of ether oxygens (including phenoxy) is 2. The van der Waals surface area contributed by atoms with Crippen molar-refractivity contribution in [2.75, 3.05) is 6.61 Å².